The van der Waals surface area contributed by atoms with E-state index in [0.29, 0.717) is 53.6 Å². The first kappa shape index (κ1) is 28.7. The van der Waals surface area contributed by atoms with Crippen molar-refractivity contribution in [1.82, 2.24) is 15.1 Å². The van der Waals surface area contributed by atoms with Gasteiger partial charge in [-0.2, -0.15) is 0 Å². The van der Waals surface area contributed by atoms with Crippen molar-refractivity contribution in [1.29, 1.82) is 0 Å². The Kier molecular flexibility index (Phi) is 9.69. The number of likely N-dealkylation sites (N-methyl/N-ethyl adjacent to an activating group) is 2. The molecule has 3 N–H and O–H groups in total. The lowest BCUT2D eigenvalue weighted by molar-refractivity contribution is 0.0948. The summed E-state index contributed by atoms with van der Waals surface area (Å²) in [5.74, 6) is 0.641. The average molecular weight is 554 g/mol. The van der Waals surface area contributed by atoms with Crippen LogP contribution in [-0.2, 0) is 19.5 Å². The van der Waals surface area contributed by atoms with Crippen molar-refractivity contribution in [3.63, 3.8) is 0 Å². The molecule has 0 aliphatic rings. The minimum Gasteiger partial charge on any atom is -0.506 e. The fraction of sp³-hybridized carbons (Fsp3) is 0.367. The lowest BCUT2D eigenvalue weighted by atomic mass is 10.0. The molecule has 1 atom stereocenters. The van der Waals surface area contributed by atoms with Crippen molar-refractivity contribution in [2.24, 2.45) is 0 Å². The number of rotatable bonds is 13. The van der Waals surface area contributed by atoms with E-state index in [2.05, 4.69) is 24.1 Å². The standard InChI is InChI=1S/C30H36ClN3O5/c1-4-34(5-2)13-12-21-15-25(30(37)32-17-20-8-10-22(31)11-9-20)28(36)24-16-23(39-29(21)24)18-33(3)19-26(35)27-7-6-14-38-27/h6-11,14-16,26,35-36H,4-5,12-13,17-19H2,1-3H3,(H,32,37)/t26-/m1/s1. The Bertz CT molecular complexity index is 1360. The van der Waals surface area contributed by atoms with Crippen LogP contribution in [0.3, 0.4) is 0 Å². The highest BCUT2D eigenvalue weighted by molar-refractivity contribution is 6.30. The minimum atomic E-state index is -0.775. The molecule has 8 nitrogen and oxygen atoms in total. The molecule has 0 radical (unpaired) electrons. The van der Waals surface area contributed by atoms with E-state index in [0.717, 1.165) is 30.8 Å². The first-order chi connectivity index (χ1) is 18.8. The predicted octanol–water partition coefficient (Wildman–Crippen LogP) is 5.36. The van der Waals surface area contributed by atoms with Crippen LogP contribution in [0.2, 0.25) is 5.02 Å². The van der Waals surface area contributed by atoms with Crippen molar-refractivity contribution in [3.05, 3.63) is 88.0 Å². The van der Waals surface area contributed by atoms with Gasteiger partial charge in [0.15, 0.2) is 0 Å². The van der Waals surface area contributed by atoms with Crippen LogP contribution in [0.1, 0.15) is 53.0 Å². The molecule has 208 valence electrons. The molecule has 4 aromatic rings. The molecule has 4 rings (SSSR count). The SMILES string of the molecule is CCN(CC)CCc1cc(C(=O)NCc2ccc(Cl)cc2)c(O)c2cc(CN(C)C[C@@H](O)c3ccco3)oc12. The summed E-state index contributed by atoms with van der Waals surface area (Å²) in [5, 5.41) is 25.6. The molecule has 9 heteroatoms. The smallest absolute Gasteiger partial charge is 0.255 e. The quantitative estimate of drug-likeness (QED) is 0.205. The zero-order chi connectivity index (χ0) is 27.9. The molecule has 0 spiro atoms. The number of hydrogen-bond donors (Lipinski definition) is 3. The minimum absolute atomic E-state index is 0.113. The van der Waals surface area contributed by atoms with Gasteiger partial charge in [-0.15, -0.1) is 0 Å². The molecule has 2 aromatic heterocycles. The molecule has 39 heavy (non-hydrogen) atoms. The van der Waals surface area contributed by atoms with Gasteiger partial charge in [0.2, 0.25) is 0 Å². The second kappa shape index (κ2) is 13.2. The second-order valence-electron chi connectivity index (χ2n) is 9.70. The Morgan fingerprint density at radius 1 is 1.13 bits per heavy atom. The highest BCUT2D eigenvalue weighted by Gasteiger charge is 2.22. The van der Waals surface area contributed by atoms with Crippen molar-refractivity contribution < 1.29 is 23.8 Å². The number of nitrogens with zero attached hydrogens (tertiary/aromatic N) is 2. The van der Waals surface area contributed by atoms with E-state index in [-0.39, 0.29) is 17.2 Å². The molecule has 1 amide bonds. The van der Waals surface area contributed by atoms with Gasteiger partial charge in [-0.3, -0.25) is 9.69 Å². The van der Waals surface area contributed by atoms with E-state index in [4.69, 9.17) is 20.4 Å². The van der Waals surface area contributed by atoms with Crippen LogP contribution in [-0.4, -0.2) is 59.1 Å². The molecule has 0 aliphatic heterocycles. The van der Waals surface area contributed by atoms with Gasteiger partial charge in [0.1, 0.15) is 29.0 Å². The number of aliphatic hydroxyl groups excluding tert-OH is 1. The summed E-state index contributed by atoms with van der Waals surface area (Å²) >= 11 is 5.97. The van der Waals surface area contributed by atoms with Gasteiger partial charge < -0.3 is 29.3 Å². The van der Waals surface area contributed by atoms with E-state index in [1.165, 1.54) is 6.26 Å². The summed E-state index contributed by atoms with van der Waals surface area (Å²) in [5.41, 5.74) is 2.54. The Morgan fingerprint density at radius 3 is 2.54 bits per heavy atom. The van der Waals surface area contributed by atoms with Crippen LogP contribution in [0.25, 0.3) is 11.0 Å². The highest BCUT2D eigenvalue weighted by Crippen LogP contribution is 2.35. The van der Waals surface area contributed by atoms with Crippen LogP contribution in [0.15, 0.2) is 63.6 Å². The van der Waals surface area contributed by atoms with Crippen molar-refractivity contribution in [2.75, 3.05) is 33.2 Å². The van der Waals surface area contributed by atoms with Crippen molar-refractivity contribution >= 4 is 28.5 Å². The van der Waals surface area contributed by atoms with Gasteiger partial charge in [-0.25, -0.2) is 0 Å². The normalized spacial score (nSPS) is 12.5. The van der Waals surface area contributed by atoms with Crippen molar-refractivity contribution in [2.45, 2.75) is 39.5 Å². The fourth-order valence-electron chi connectivity index (χ4n) is 4.64. The summed E-state index contributed by atoms with van der Waals surface area (Å²) in [6, 6.07) is 14.2. The summed E-state index contributed by atoms with van der Waals surface area (Å²) < 4.78 is 11.5. The van der Waals surface area contributed by atoms with Crippen LogP contribution < -0.4 is 5.32 Å². The maximum absolute atomic E-state index is 13.2. The Hall–Kier alpha value is -3.30. The average Bonchev–Trinajstić information content (AvgIpc) is 3.61. The molecule has 0 fully saturated rings. The maximum atomic E-state index is 13.2. The molecule has 0 bridgehead atoms. The summed E-state index contributed by atoms with van der Waals surface area (Å²) in [6.07, 6.45) is 1.42. The number of carbonyl (C=O) groups is 1. The molecule has 0 saturated carbocycles. The molecule has 0 saturated heterocycles. The van der Waals surface area contributed by atoms with Gasteiger partial charge in [0.25, 0.3) is 5.91 Å². The number of aromatic hydroxyl groups is 1. The monoisotopic (exact) mass is 553 g/mol. The number of amides is 1. The van der Waals surface area contributed by atoms with Gasteiger partial charge in [-0.1, -0.05) is 37.6 Å². The zero-order valence-electron chi connectivity index (χ0n) is 22.6. The Labute approximate surface area is 233 Å². The first-order valence-corrected chi connectivity index (χ1v) is 13.6. The van der Waals surface area contributed by atoms with Gasteiger partial charge in [0, 0.05) is 24.7 Å². The molecular formula is C30H36ClN3O5. The summed E-state index contributed by atoms with van der Waals surface area (Å²) in [7, 11) is 1.87. The third kappa shape index (κ3) is 7.22. The Balaban J connectivity index is 1.58. The number of phenols is 1. The van der Waals surface area contributed by atoms with Gasteiger partial charge >= 0.3 is 0 Å². The lowest BCUT2D eigenvalue weighted by Crippen LogP contribution is -2.26. The van der Waals surface area contributed by atoms with Crippen molar-refractivity contribution in [3.8, 4) is 5.75 Å². The Morgan fingerprint density at radius 2 is 1.87 bits per heavy atom. The van der Waals surface area contributed by atoms with E-state index in [1.54, 1.807) is 36.4 Å². The molecule has 0 aliphatic carbocycles. The number of halogens is 1. The van der Waals surface area contributed by atoms with Crippen LogP contribution in [0, 0.1) is 0 Å². The van der Waals surface area contributed by atoms with Gasteiger partial charge in [-0.05, 0) is 74.1 Å². The number of carbonyl (C=O) groups excluding carboxylic acids is 1. The molecule has 0 unspecified atom stereocenters. The van der Waals surface area contributed by atoms with Gasteiger partial charge in [0.05, 0.1) is 23.8 Å². The number of phenolic OH excluding ortho intramolecular Hbond substituents is 1. The van der Waals surface area contributed by atoms with E-state index in [9.17, 15) is 15.0 Å². The second-order valence-corrected chi connectivity index (χ2v) is 10.1. The number of fused-ring (bicyclic) bond motifs is 1. The van der Waals surface area contributed by atoms with Crippen LogP contribution in [0.5, 0.6) is 5.75 Å². The predicted molar refractivity (Wildman–Crippen MR) is 152 cm³/mol. The number of nitrogens with one attached hydrogen (secondary N) is 1. The number of aliphatic hydroxyl groups is 1. The first-order valence-electron chi connectivity index (χ1n) is 13.2. The topological polar surface area (TPSA) is 102 Å². The van der Waals surface area contributed by atoms with E-state index in [1.807, 2.05) is 24.1 Å². The third-order valence-corrected chi connectivity index (χ3v) is 7.14. The summed E-state index contributed by atoms with van der Waals surface area (Å²) in [4.78, 5) is 17.4. The number of benzene rings is 2. The molecular weight excluding hydrogens is 518 g/mol. The largest absolute Gasteiger partial charge is 0.506 e. The fourth-order valence-corrected chi connectivity index (χ4v) is 4.77. The maximum Gasteiger partial charge on any atom is 0.255 e. The van der Waals surface area contributed by atoms with Crippen LogP contribution in [0.4, 0.5) is 0 Å². The summed E-state index contributed by atoms with van der Waals surface area (Å²) in [6.45, 7) is 7.90. The zero-order valence-corrected chi connectivity index (χ0v) is 23.4. The third-order valence-electron chi connectivity index (χ3n) is 6.89. The molecule has 2 heterocycles. The number of hydrogen-bond acceptors (Lipinski definition) is 7. The van der Waals surface area contributed by atoms with Crippen LogP contribution >= 0.6 is 11.6 Å². The van der Waals surface area contributed by atoms with E-state index >= 15 is 0 Å². The highest BCUT2D eigenvalue weighted by atomic mass is 35.5. The number of furan rings is 2. The molecule has 2 aromatic carbocycles. The van der Waals surface area contributed by atoms with E-state index < -0.39 is 6.10 Å². The lowest BCUT2D eigenvalue weighted by Gasteiger charge is -2.18.